The van der Waals surface area contributed by atoms with Crippen LogP contribution in [-0.4, -0.2) is 51.9 Å². The number of imidazole rings is 1. The number of rotatable bonds is 5. The van der Waals surface area contributed by atoms with E-state index >= 15 is 0 Å². The van der Waals surface area contributed by atoms with Crippen molar-refractivity contribution in [3.05, 3.63) is 66.0 Å². The lowest BCUT2D eigenvalue weighted by atomic mass is 9.88. The molecule has 5 heteroatoms. The zero-order valence-electron chi connectivity index (χ0n) is 18.2. The largest absolute Gasteiger partial charge is 0.342 e. The van der Waals surface area contributed by atoms with Crippen molar-refractivity contribution in [1.82, 2.24) is 19.8 Å². The molecule has 3 aromatic rings. The Bertz CT molecular complexity index is 965. The molecule has 2 aliphatic rings. The molecule has 5 rings (SSSR count). The third kappa shape index (κ3) is 4.82. The number of carbonyl (C=O) groups excluding carboxylic acids is 1. The topological polar surface area (TPSA) is 52.2 Å². The van der Waals surface area contributed by atoms with Gasteiger partial charge in [0.15, 0.2) is 0 Å². The molecule has 0 atom stereocenters. The normalized spacial score (nSPS) is 19.2. The molecule has 0 radical (unpaired) electrons. The van der Waals surface area contributed by atoms with Crippen LogP contribution in [0.2, 0.25) is 0 Å². The first-order valence-electron chi connectivity index (χ1n) is 11.7. The van der Waals surface area contributed by atoms with E-state index < -0.39 is 0 Å². The lowest BCUT2D eigenvalue weighted by Gasteiger charge is -2.37. The number of amides is 1. The zero-order valence-corrected chi connectivity index (χ0v) is 18.2. The highest BCUT2D eigenvalue weighted by atomic mass is 16.2. The quantitative estimate of drug-likeness (QED) is 0.676. The molecule has 1 aromatic heterocycles. The number of hydrogen-bond donors (Lipinski definition) is 1. The van der Waals surface area contributed by atoms with Crippen molar-refractivity contribution in [3.8, 4) is 0 Å². The van der Waals surface area contributed by atoms with E-state index in [1.54, 1.807) is 0 Å². The van der Waals surface area contributed by atoms with E-state index in [9.17, 15) is 4.79 Å². The number of para-hydroxylation sites is 2. The van der Waals surface area contributed by atoms with Gasteiger partial charge in [0.25, 0.3) is 0 Å². The molecule has 31 heavy (non-hydrogen) atoms. The molecule has 2 aromatic carbocycles. The van der Waals surface area contributed by atoms with E-state index in [0.29, 0.717) is 11.8 Å². The van der Waals surface area contributed by atoms with E-state index in [1.165, 1.54) is 5.56 Å². The third-order valence-corrected chi connectivity index (χ3v) is 7.04. The number of H-pyrrole nitrogens is 1. The van der Waals surface area contributed by atoms with Gasteiger partial charge in [-0.15, -0.1) is 0 Å². The summed E-state index contributed by atoms with van der Waals surface area (Å²) in [7, 11) is 0. The second kappa shape index (κ2) is 9.23. The van der Waals surface area contributed by atoms with Gasteiger partial charge in [-0.1, -0.05) is 42.5 Å². The molecule has 0 unspecified atom stereocenters. The predicted molar refractivity (Wildman–Crippen MR) is 124 cm³/mol. The van der Waals surface area contributed by atoms with Gasteiger partial charge in [0.05, 0.1) is 17.6 Å². The molecular weight excluding hydrogens is 384 g/mol. The molecular formula is C26H32N4O. The fourth-order valence-corrected chi connectivity index (χ4v) is 5.19. The van der Waals surface area contributed by atoms with Crippen molar-refractivity contribution < 1.29 is 4.79 Å². The number of fused-ring (bicyclic) bond motifs is 1. The first-order valence-corrected chi connectivity index (χ1v) is 11.7. The monoisotopic (exact) mass is 416 g/mol. The Morgan fingerprint density at radius 3 is 2.35 bits per heavy atom. The minimum atomic E-state index is 0.192. The van der Waals surface area contributed by atoms with Crippen LogP contribution < -0.4 is 0 Å². The van der Waals surface area contributed by atoms with Crippen LogP contribution in [0.25, 0.3) is 11.0 Å². The van der Waals surface area contributed by atoms with Gasteiger partial charge < -0.3 is 9.88 Å². The van der Waals surface area contributed by atoms with Gasteiger partial charge in [-0.25, -0.2) is 4.98 Å². The number of piperidine rings is 2. The number of aromatic amines is 1. The molecule has 3 heterocycles. The maximum absolute atomic E-state index is 13.1. The Hall–Kier alpha value is -2.66. The van der Waals surface area contributed by atoms with E-state index in [0.717, 1.165) is 81.7 Å². The number of aromatic nitrogens is 2. The van der Waals surface area contributed by atoms with E-state index in [-0.39, 0.29) is 5.92 Å². The Morgan fingerprint density at radius 1 is 0.903 bits per heavy atom. The van der Waals surface area contributed by atoms with E-state index in [2.05, 4.69) is 51.2 Å². The summed E-state index contributed by atoms with van der Waals surface area (Å²) in [6.45, 7) is 4.63. The Balaban J connectivity index is 1.08. The van der Waals surface area contributed by atoms with Crippen molar-refractivity contribution in [2.45, 2.75) is 38.6 Å². The number of nitrogens with one attached hydrogen (secondary N) is 1. The number of hydrogen-bond acceptors (Lipinski definition) is 3. The summed E-state index contributed by atoms with van der Waals surface area (Å²) in [6, 6.07) is 18.9. The summed E-state index contributed by atoms with van der Waals surface area (Å²) < 4.78 is 0. The fraction of sp³-hybridized carbons (Fsp3) is 0.462. The highest BCUT2D eigenvalue weighted by molar-refractivity contribution is 5.79. The van der Waals surface area contributed by atoms with Crippen molar-refractivity contribution in [1.29, 1.82) is 0 Å². The average Bonchev–Trinajstić information content (AvgIpc) is 3.23. The Kier molecular flexibility index (Phi) is 6.03. The van der Waals surface area contributed by atoms with Gasteiger partial charge in [0, 0.05) is 19.0 Å². The maximum atomic E-state index is 13.1. The maximum Gasteiger partial charge on any atom is 0.225 e. The molecule has 2 saturated heterocycles. The molecule has 1 amide bonds. The third-order valence-electron chi connectivity index (χ3n) is 7.04. The first-order chi connectivity index (χ1) is 15.2. The second-order valence-electron chi connectivity index (χ2n) is 9.21. The summed E-state index contributed by atoms with van der Waals surface area (Å²) in [5.41, 5.74) is 3.54. The van der Waals surface area contributed by atoms with Crippen LogP contribution >= 0.6 is 0 Å². The molecule has 5 nitrogen and oxygen atoms in total. The first kappa shape index (κ1) is 20.3. The van der Waals surface area contributed by atoms with Crippen LogP contribution in [0, 0.1) is 11.8 Å². The van der Waals surface area contributed by atoms with Gasteiger partial charge in [0.1, 0.15) is 5.82 Å². The lowest BCUT2D eigenvalue weighted by molar-refractivity contribution is -0.138. The summed E-state index contributed by atoms with van der Waals surface area (Å²) >= 11 is 0. The molecule has 2 aliphatic heterocycles. The van der Waals surface area contributed by atoms with Gasteiger partial charge in [0.2, 0.25) is 5.91 Å². The Morgan fingerprint density at radius 2 is 1.61 bits per heavy atom. The number of benzene rings is 2. The van der Waals surface area contributed by atoms with Crippen LogP contribution in [0.15, 0.2) is 54.6 Å². The minimum Gasteiger partial charge on any atom is -0.342 e. The lowest BCUT2D eigenvalue weighted by Crippen LogP contribution is -2.45. The standard InChI is InChI=1S/C26H32N4O/c31-26(30-16-10-21(11-17-30)18-20-6-2-1-3-7-20)22-12-14-29(15-13-22)19-25-27-23-8-4-5-9-24(23)28-25/h1-9,21-22H,10-19H2,(H,27,28). The molecule has 0 spiro atoms. The van der Waals surface area contributed by atoms with E-state index in [4.69, 9.17) is 4.98 Å². The van der Waals surface area contributed by atoms with Crippen LogP contribution in [0.4, 0.5) is 0 Å². The number of nitrogens with zero attached hydrogens (tertiary/aromatic N) is 3. The smallest absolute Gasteiger partial charge is 0.225 e. The average molecular weight is 417 g/mol. The van der Waals surface area contributed by atoms with Gasteiger partial charge in [-0.05, 0) is 68.8 Å². The molecule has 162 valence electrons. The minimum absolute atomic E-state index is 0.192. The number of carbonyl (C=O) groups is 1. The fourth-order valence-electron chi connectivity index (χ4n) is 5.19. The second-order valence-corrected chi connectivity index (χ2v) is 9.21. The number of likely N-dealkylation sites (tertiary alicyclic amines) is 2. The SMILES string of the molecule is O=C(C1CCN(Cc2nc3ccccc3[nH]2)CC1)N1CCC(Cc2ccccc2)CC1. The van der Waals surface area contributed by atoms with E-state index in [1.807, 2.05) is 18.2 Å². The molecule has 0 bridgehead atoms. The summed E-state index contributed by atoms with van der Waals surface area (Å²) in [5, 5.41) is 0. The highest BCUT2D eigenvalue weighted by Gasteiger charge is 2.31. The molecule has 2 fully saturated rings. The zero-order chi connectivity index (χ0) is 21.0. The highest BCUT2D eigenvalue weighted by Crippen LogP contribution is 2.26. The Labute approximate surface area is 184 Å². The molecule has 0 aliphatic carbocycles. The van der Waals surface area contributed by atoms with Crippen molar-refractivity contribution in [3.63, 3.8) is 0 Å². The van der Waals surface area contributed by atoms with Crippen LogP contribution in [0.3, 0.4) is 0 Å². The van der Waals surface area contributed by atoms with Gasteiger partial charge >= 0.3 is 0 Å². The molecule has 1 N–H and O–H groups in total. The van der Waals surface area contributed by atoms with Crippen molar-refractivity contribution >= 4 is 16.9 Å². The van der Waals surface area contributed by atoms with Crippen LogP contribution in [0.5, 0.6) is 0 Å². The van der Waals surface area contributed by atoms with Crippen LogP contribution in [0.1, 0.15) is 37.1 Å². The van der Waals surface area contributed by atoms with Gasteiger partial charge in [-0.2, -0.15) is 0 Å². The van der Waals surface area contributed by atoms with Crippen molar-refractivity contribution in [2.24, 2.45) is 11.8 Å². The molecule has 0 saturated carbocycles. The van der Waals surface area contributed by atoms with Gasteiger partial charge in [-0.3, -0.25) is 9.69 Å². The summed E-state index contributed by atoms with van der Waals surface area (Å²) in [4.78, 5) is 25.8. The van der Waals surface area contributed by atoms with Crippen molar-refractivity contribution in [2.75, 3.05) is 26.2 Å². The predicted octanol–water partition coefficient (Wildman–Crippen LogP) is 4.26. The summed E-state index contributed by atoms with van der Waals surface area (Å²) in [5.74, 6) is 2.31. The summed E-state index contributed by atoms with van der Waals surface area (Å²) in [6.07, 6.45) is 5.33. The van der Waals surface area contributed by atoms with Crippen LogP contribution in [-0.2, 0) is 17.8 Å².